The number of nitrogens with one attached hydrogen (secondary N) is 1. The van der Waals surface area contributed by atoms with Crippen molar-refractivity contribution in [3.8, 4) is 0 Å². The number of likely N-dealkylation sites (N-methyl/N-ethyl adjacent to an activating group) is 1. The molecule has 1 saturated carbocycles. The van der Waals surface area contributed by atoms with Gasteiger partial charge < -0.3 is 5.32 Å². The van der Waals surface area contributed by atoms with Crippen LogP contribution in [0.15, 0.2) is 36.4 Å². The van der Waals surface area contributed by atoms with E-state index in [1.54, 1.807) is 0 Å². The van der Waals surface area contributed by atoms with E-state index in [1.807, 2.05) is 0 Å². The third-order valence-corrected chi connectivity index (χ3v) is 5.93. The molecule has 4 heteroatoms. The van der Waals surface area contributed by atoms with Crippen molar-refractivity contribution in [2.24, 2.45) is 5.41 Å². The van der Waals surface area contributed by atoms with E-state index in [0.29, 0.717) is 5.41 Å². The zero-order valence-electron chi connectivity index (χ0n) is 15.0. The first-order valence-electron chi connectivity index (χ1n) is 9.01. The minimum Gasteiger partial charge on any atom is -0.309 e. The van der Waals surface area contributed by atoms with Gasteiger partial charge in [-0.25, -0.2) is 0 Å². The highest BCUT2D eigenvalue weighted by atomic mass is 15.3. The summed E-state index contributed by atoms with van der Waals surface area (Å²) < 4.78 is 2.16. The molecule has 1 aromatic carbocycles. The molecule has 2 aliphatic rings. The van der Waals surface area contributed by atoms with Crippen molar-refractivity contribution in [1.82, 2.24) is 20.0 Å². The van der Waals surface area contributed by atoms with Crippen molar-refractivity contribution in [1.29, 1.82) is 0 Å². The SMILES string of the molecule is CN(Cc1cc2n(n1)CCNC2)C[C@@]1(c2ccccc2)CC1(C)C. The van der Waals surface area contributed by atoms with Gasteiger partial charge in [0.1, 0.15) is 0 Å². The number of hydrogen-bond acceptors (Lipinski definition) is 3. The quantitative estimate of drug-likeness (QED) is 0.918. The minimum absolute atomic E-state index is 0.282. The zero-order valence-corrected chi connectivity index (χ0v) is 15.0. The third-order valence-electron chi connectivity index (χ3n) is 5.93. The fraction of sp³-hybridized carbons (Fsp3) is 0.550. The van der Waals surface area contributed by atoms with Crippen molar-refractivity contribution in [3.63, 3.8) is 0 Å². The molecule has 128 valence electrons. The summed E-state index contributed by atoms with van der Waals surface area (Å²) >= 11 is 0. The van der Waals surface area contributed by atoms with Gasteiger partial charge in [-0.15, -0.1) is 0 Å². The van der Waals surface area contributed by atoms with Gasteiger partial charge in [-0.1, -0.05) is 44.2 Å². The average molecular weight is 324 g/mol. The lowest BCUT2D eigenvalue weighted by molar-refractivity contribution is 0.268. The number of nitrogens with zero attached hydrogens (tertiary/aromatic N) is 3. The normalized spacial score (nSPS) is 24.8. The second-order valence-electron chi connectivity index (χ2n) is 8.21. The fourth-order valence-electron chi connectivity index (χ4n) is 4.44. The van der Waals surface area contributed by atoms with Gasteiger partial charge >= 0.3 is 0 Å². The average Bonchev–Trinajstić information content (AvgIpc) is 2.91. The van der Waals surface area contributed by atoms with Crippen LogP contribution >= 0.6 is 0 Å². The molecule has 1 aliphatic heterocycles. The lowest BCUT2D eigenvalue weighted by Gasteiger charge is -2.27. The Morgan fingerprint density at radius 3 is 2.67 bits per heavy atom. The van der Waals surface area contributed by atoms with Crippen LogP contribution in [-0.2, 0) is 25.0 Å². The highest BCUT2D eigenvalue weighted by Gasteiger charge is 2.61. The van der Waals surface area contributed by atoms with Gasteiger partial charge in [-0.2, -0.15) is 5.10 Å². The first kappa shape index (κ1) is 15.9. The van der Waals surface area contributed by atoms with Crippen molar-refractivity contribution in [3.05, 3.63) is 53.3 Å². The van der Waals surface area contributed by atoms with E-state index in [1.165, 1.54) is 23.4 Å². The maximum Gasteiger partial charge on any atom is 0.0768 e. The van der Waals surface area contributed by atoms with E-state index >= 15 is 0 Å². The van der Waals surface area contributed by atoms with Crippen molar-refractivity contribution >= 4 is 0 Å². The Bertz CT molecular complexity index is 695. The summed E-state index contributed by atoms with van der Waals surface area (Å²) in [6.07, 6.45) is 1.26. The molecule has 0 saturated heterocycles. The maximum atomic E-state index is 4.79. The molecule has 24 heavy (non-hydrogen) atoms. The largest absolute Gasteiger partial charge is 0.309 e. The molecule has 4 nitrogen and oxygen atoms in total. The highest BCUT2D eigenvalue weighted by molar-refractivity contribution is 5.37. The van der Waals surface area contributed by atoms with Crippen molar-refractivity contribution in [2.75, 3.05) is 20.1 Å². The molecule has 4 rings (SSSR count). The number of rotatable bonds is 5. The van der Waals surface area contributed by atoms with Gasteiger partial charge in [0.25, 0.3) is 0 Å². The van der Waals surface area contributed by atoms with Gasteiger partial charge in [-0.05, 0) is 30.5 Å². The molecule has 0 spiro atoms. The van der Waals surface area contributed by atoms with Crippen LogP contribution in [0.25, 0.3) is 0 Å². The number of benzene rings is 1. The summed E-state index contributed by atoms with van der Waals surface area (Å²) in [6.45, 7) is 9.76. The Morgan fingerprint density at radius 2 is 2.00 bits per heavy atom. The standard InChI is InChI=1S/C20H28N4/c1-19(2)14-20(19,16-7-5-4-6-8-16)15-23(3)13-17-11-18-12-21-9-10-24(18)22-17/h4-8,11,21H,9-10,12-15H2,1-3H3/t20-/m1/s1. The molecule has 1 atom stereocenters. The maximum absolute atomic E-state index is 4.79. The van der Waals surface area contributed by atoms with E-state index in [9.17, 15) is 0 Å². The molecule has 2 heterocycles. The van der Waals surface area contributed by atoms with Gasteiger partial charge in [0.15, 0.2) is 0 Å². The molecule has 0 bridgehead atoms. The first-order chi connectivity index (χ1) is 11.5. The lowest BCUT2D eigenvalue weighted by atomic mass is 9.87. The first-order valence-corrected chi connectivity index (χ1v) is 9.01. The molecule has 0 amide bonds. The van der Waals surface area contributed by atoms with Gasteiger partial charge in [0, 0.05) is 31.6 Å². The summed E-state index contributed by atoms with van der Waals surface area (Å²) in [5.74, 6) is 0. The van der Waals surface area contributed by atoms with Crippen LogP contribution < -0.4 is 5.32 Å². The van der Waals surface area contributed by atoms with Crippen molar-refractivity contribution < 1.29 is 0 Å². The molecule has 1 aromatic heterocycles. The second kappa shape index (κ2) is 5.71. The Kier molecular flexibility index (Phi) is 3.77. The van der Waals surface area contributed by atoms with E-state index in [0.717, 1.165) is 32.7 Å². The Morgan fingerprint density at radius 1 is 1.25 bits per heavy atom. The molecule has 1 fully saturated rings. The second-order valence-corrected chi connectivity index (χ2v) is 8.21. The van der Waals surface area contributed by atoms with Crippen LogP contribution in [-0.4, -0.2) is 34.8 Å². The fourth-order valence-corrected chi connectivity index (χ4v) is 4.44. The van der Waals surface area contributed by atoms with Gasteiger partial charge in [0.2, 0.25) is 0 Å². The molecule has 0 unspecified atom stereocenters. The smallest absolute Gasteiger partial charge is 0.0768 e. The van der Waals surface area contributed by atoms with E-state index in [-0.39, 0.29) is 5.41 Å². The van der Waals surface area contributed by atoms with Crippen LogP contribution in [0, 0.1) is 5.41 Å². The van der Waals surface area contributed by atoms with Gasteiger partial charge in [0.05, 0.1) is 17.9 Å². The molecule has 1 aliphatic carbocycles. The number of fused-ring (bicyclic) bond motifs is 1. The van der Waals surface area contributed by atoms with E-state index in [2.05, 4.69) is 72.2 Å². The highest BCUT2D eigenvalue weighted by Crippen LogP contribution is 2.64. The molecular weight excluding hydrogens is 296 g/mol. The molecule has 1 N–H and O–H groups in total. The summed E-state index contributed by atoms with van der Waals surface area (Å²) in [7, 11) is 2.23. The molecule has 0 radical (unpaired) electrons. The predicted octanol–water partition coefficient (Wildman–Crippen LogP) is 2.79. The number of hydrogen-bond donors (Lipinski definition) is 1. The lowest BCUT2D eigenvalue weighted by Crippen LogP contribution is -2.32. The summed E-state index contributed by atoms with van der Waals surface area (Å²) in [4.78, 5) is 2.45. The predicted molar refractivity (Wildman–Crippen MR) is 96.8 cm³/mol. The van der Waals surface area contributed by atoms with Crippen LogP contribution in [0.1, 0.15) is 37.2 Å². The zero-order chi connectivity index (χ0) is 16.8. The van der Waals surface area contributed by atoms with Crippen LogP contribution in [0.2, 0.25) is 0 Å². The molecule has 2 aromatic rings. The minimum atomic E-state index is 0.282. The van der Waals surface area contributed by atoms with E-state index < -0.39 is 0 Å². The number of aromatic nitrogens is 2. The Balaban J connectivity index is 1.49. The third kappa shape index (κ3) is 2.68. The molecular formula is C20H28N4. The van der Waals surface area contributed by atoms with Crippen LogP contribution in [0.3, 0.4) is 0 Å². The monoisotopic (exact) mass is 324 g/mol. The summed E-state index contributed by atoms with van der Waals surface area (Å²) in [5.41, 5.74) is 4.64. The van der Waals surface area contributed by atoms with E-state index in [4.69, 9.17) is 5.10 Å². The summed E-state index contributed by atoms with van der Waals surface area (Å²) in [6, 6.07) is 13.3. The summed E-state index contributed by atoms with van der Waals surface area (Å²) in [5, 5.41) is 8.20. The van der Waals surface area contributed by atoms with Crippen LogP contribution in [0.4, 0.5) is 0 Å². The van der Waals surface area contributed by atoms with Crippen LogP contribution in [0.5, 0.6) is 0 Å². The Labute approximate surface area is 144 Å². The van der Waals surface area contributed by atoms with Gasteiger partial charge in [-0.3, -0.25) is 9.58 Å². The van der Waals surface area contributed by atoms with Crippen molar-refractivity contribution in [2.45, 2.75) is 45.3 Å². The Hall–Kier alpha value is -1.65. The topological polar surface area (TPSA) is 33.1 Å².